The number of carbonyl (C=O) groups is 1. The number of carbonyl (C=O) groups excluding carboxylic acids is 1. The van der Waals surface area contributed by atoms with E-state index in [2.05, 4.69) is 5.32 Å². The summed E-state index contributed by atoms with van der Waals surface area (Å²) < 4.78 is 10.1. The zero-order chi connectivity index (χ0) is 17.6. The summed E-state index contributed by atoms with van der Waals surface area (Å²) in [5.74, 6) is -0.376. The van der Waals surface area contributed by atoms with Gasteiger partial charge < -0.3 is 14.8 Å². The van der Waals surface area contributed by atoms with E-state index in [9.17, 15) is 14.9 Å². The van der Waals surface area contributed by atoms with E-state index >= 15 is 0 Å². The Balaban J connectivity index is 2.81. The Bertz CT molecular complexity index is 638. The summed E-state index contributed by atoms with van der Waals surface area (Å²) in [4.78, 5) is 22.3. The van der Waals surface area contributed by atoms with Gasteiger partial charge in [-0.3, -0.25) is 14.9 Å². The van der Waals surface area contributed by atoms with Gasteiger partial charge in [-0.2, -0.15) is 5.26 Å². The predicted octanol–water partition coefficient (Wildman–Crippen LogP) is 2.04. The van der Waals surface area contributed by atoms with Crippen molar-refractivity contribution in [2.45, 2.75) is 26.3 Å². The Labute approximate surface area is 134 Å². The number of nitro benzene ring substituents is 1. The fourth-order valence-corrected chi connectivity index (χ4v) is 1.66. The minimum atomic E-state index is -1.04. The van der Waals surface area contributed by atoms with Gasteiger partial charge in [0.25, 0.3) is 5.91 Å². The number of amides is 1. The Hall–Kier alpha value is -2.82. The van der Waals surface area contributed by atoms with E-state index in [0.717, 1.165) is 0 Å². The molecule has 124 valence electrons. The summed E-state index contributed by atoms with van der Waals surface area (Å²) in [6.45, 7) is 4.78. The lowest BCUT2D eigenvalue weighted by Gasteiger charge is -2.27. The van der Waals surface area contributed by atoms with Gasteiger partial charge in [-0.1, -0.05) is 13.8 Å². The first-order chi connectivity index (χ1) is 10.7. The van der Waals surface area contributed by atoms with E-state index in [4.69, 9.17) is 14.7 Å². The van der Waals surface area contributed by atoms with Crippen molar-refractivity contribution >= 4 is 11.6 Å². The van der Waals surface area contributed by atoms with Gasteiger partial charge in [-0.15, -0.1) is 0 Å². The van der Waals surface area contributed by atoms with E-state index in [1.54, 1.807) is 20.8 Å². The lowest BCUT2D eigenvalue weighted by atomic mass is 9.90. The van der Waals surface area contributed by atoms with Crippen LogP contribution in [0.1, 0.15) is 20.8 Å². The van der Waals surface area contributed by atoms with Crippen molar-refractivity contribution in [3.05, 3.63) is 28.3 Å². The molecule has 1 aromatic carbocycles. The normalized spacial score (nSPS) is 12.9. The monoisotopic (exact) mass is 321 g/mol. The number of rotatable bonds is 7. The molecule has 1 amide bonds. The van der Waals surface area contributed by atoms with Crippen LogP contribution in [0.15, 0.2) is 18.2 Å². The minimum absolute atomic E-state index is 0.0471. The van der Waals surface area contributed by atoms with Crippen LogP contribution in [-0.2, 0) is 4.79 Å². The van der Waals surface area contributed by atoms with Crippen molar-refractivity contribution in [3.8, 4) is 17.6 Å². The molecular formula is C15H19N3O5. The molecule has 0 heterocycles. The number of nitro groups is 1. The quantitative estimate of drug-likeness (QED) is 0.607. The van der Waals surface area contributed by atoms with Crippen LogP contribution in [0.3, 0.4) is 0 Å². The largest absolute Gasteiger partial charge is 0.496 e. The van der Waals surface area contributed by atoms with Crippen molar-refractivity contribution in [3.63, 3.8) is 0 Å². The molecule has 1 N–H and O–H groups in total. The van der Waals surface area contributed by atoms with Crippen LogP contribution in [0.25, 0.3) is 0 Å². The smallest absolute Gasteiger partial charge is 0.314 e. The van der Waals surface area contributed by atoms with E-state index in [-0.39, 0.29) is 17.4 Å². The third-order valence-electron chi connectivity index (χ3n) is 3.51. The molecule has 1 atom stereocenters. The van der Waals surface area contributed by atoms with Crippen LogP contribution in [0.4, 0.5) is 5.69 Å². The highest BCUT2D eigenvalue weighted by Crippen LogP contribution is 2.30. The van der Waals surface area contributed by atoms with Gasteiger partial charge in [-0.05, 0) is 25.0 Å². The second kappa shape index (κ2) is 7.45. The number of ether oxygens (including phenoxy) is 2. The molecule has 8 heteroatoms. The standard InChI is InChI=1S/C15H19N3O5/c1-10(2)15(3,9-16)17-14(19)8-23-13-6-5-11(22-4)7-12(13)18(20)21/h5-7,10H,8H2,1-4H3,(H,17,19). The van der Waals surface area contributed by atoms with Gasteiger partial charge in [0.1, 0.15) is 11.3 Å². The Morgan fingerprint density at radius 3 is 2.65 bits per heavy atom. The molecule has 0 aromatic heterocycles. The summed E-state index contributed by atoms with van der Waals surface area (Å²) in [6, 6.07) is 6.10. The molecule has 1 aromatic rings. The molecule has 1 unspecified atom stereocenters. The second-order valence-electron chi connectivity index (χ2n) is 5.40. The first-order valence-electron chi connectivity index (χ1n) is 6.91. The summed E-state index contributed by atoms with van der Waals surface area (Å²) >= 11 is 0. The Morgan fingerprint density at radius 2 is 2.17 bits per heavy atom. The summed E-state index contributed by atoms with van der Waals surface area (Å²) in [5, 5.41) is 22.7. The number of nitrogens with one attached hydrogen (secondary N) is 1. The maximum absolute atomic E-state index is 11.9. The van der Waals surface area contributed by atoms with Crippen LogP contribution in [-0.4, -0.2) is 30.1 Å². The third kappa shape index (κ3) is 4.57. The van der Waals surface area contributed by atoms with E-state index in [0.29, 0.717) is 5.75 Å². The van der Waals surface area contributed by atoms with E-state index in [1.165, 1.54) is 25.3 Å². The number of benzene rings is 1. The van der Waals surface area contributed by atoms with Crippen molar-refractivity contribution in [2.24, 2.45) is 5.92 Å². The van der Waals surface area contributed by atoms with E-state index < -0.39 is 23.0 Å². The van der Waals surface area contributed by atoms with Gasteiger partial charge in [0, 0.05) is 0 Å². The number of methoxy groups -OCH3 is 1. The fraction of sp³-hybridized carbons (Fsp3) is 0.467. The number of hydrogen-bond donors (Lipinski definition) is 1. The number of hydrogen-bond acceptors (Lipinski definition) is 6. The number of nitriles is 1. The Kier molecular flexibility index (Phi) is 5.90. The van der Waals surface area contributed by atoms with Crippen LogP contribution in [0.5, 0.6) is 11.5 Å². The topological polar surface area (TPSA) is 114 Å². The molecule has 0 saturated carbocycles. The molecule has 0 aliphatic heterocycles. The van der Waals surface area contributed by atoms with Crippen LogP contribution >= 0.6 is 0 Å². The average Bonchev–Trinajstić information content (AvgIpc) is 2.52. The lowest BCUT2D eigenvalue weighted by molar-refractivity contribution is -0.385. The molecule has 8 nitrogen and oxygen atoms in total. The molecule has 0 aliphatic rings. The minimum Gasteiger partial charge on any atom is -0.496 e. The zero-order valence-electron chi connectivity index (χ0n) is 13.5. The second-order valence-corrected chi connectivity index (χ2v) is 5.40. The first-order valence-corrected chi connectivity index (χ1v) is 6.91. The molecule has 1 rings (SSSR count). The molecule has 23 heavy (non-hydrogen) atoms. The average molecular weight is 321 g/mol. The highest BCUT2D eigenvalue weighted by molar-refractivity contribution is 5.79. The maximum atomic E-state index is 11.9. The van der Waals surface area contributed by atoms with Crippen molar-refractivity contribution in [1.29, 1.82) is 5.26 Å². The van der Waals surface area contributed by atoms with Gasteiger partial charge in [0.2, 0.25) is 0 Å². The molecular weight excluding hydrogens is 302 g/mol. The Morgan fingerprint density at radius 1 is 1.52 bits per heavy atom. The van der Waals surface area contributed by atoms with Crippen LogP contribution in [0.2, 0.25) is 0 Å². The molecule has 0 spiro atoms. The molecule has 0 bridgehead atoms. The summed E-state index contributed by atoms with van der Waals surface area (Å²) in [7, 11) is 1.39. The fourth-order valence-electron chi connectivity index (χ4n) is 1.66. The highest BCUT2D eigenvalue weighted by Gasteiger charge is 2.30. The SMILES string of the molecule is COc1ccc(OCC(=O)NC(C)(C#N)C(C)C)c([N+](=O)[O-])c1. The van der Waals surface area contributed by atoms with Crippen molar-refractivity contribution in [2.75, 3.05) is 13.7 Å². The van der Waals surface area contributed by atoms with Crippen LogP contribution < -0.4 is 14.8 Å². The number of nitrogens with zero attached hydrogens (tertiary/aromatic N) is 2. The predicted molar refractivity (Wildman–Crippen MR) is 82.1 cm³/mol. The van der Waals surface area contributed by atoms with Crippen molar-refractivity contribution < 1.29 is 19.2 Å². The van der Waals surface area contributed by atoms with Gasteiger partial charge >= 0.3 is 5.69 Å². The van der Waals surface area contributed by atoms with E-state index in [1.807, 2.05) is 6.07 Å². The lowest BCUT2D eigenvalue weighted by Crippen LogP contribution is -2.50. The van der Waals surface area contributed by atoms with Gasteiger partial charge in [0.05, 0.1) is 24.2 Å². The van der Waals surface area contributed by atoms with Crippen molar-refractivity contribution in [1.82, 2.24) is 5.32 Å². The zero-order valence-corrected chi connectivity index (χ0v) is 13.5. The third-order valence-corrected chi connectivity index (χ3v) is 3.51. The van der Waals surface area contributed by atoms with Gasteiger partial charge in [0.15, 0.2) is 12.4 Å². The van der Waals surface area contributed by atoms with Gasteiger partial charge in [-0.25, -0.2) is 0 Å². The molecule has 0 saturated heterocycles. The summed E-state index contributed by atoms with van der Waals surface area (Å²) in [6.07, 6.45) is 0. The molecule has 0 fully saturated rings. The maximum Gasteiger partial charge on any atom is 0.314 e. The first kappa shape index (κ1) is 18.2. The molecule has 0 aliphatic carbocycles. The van der Waals surface area contributed by atoms with Crippen LogP contribution in [0, 0.1) is 27.4 Å². The molecule has 0 radical (unpaired) electrons. The summed E-state index contributed by atoms with van der Waals surface area (Å²) in [5.41, 5.74) is -1.34. The highest BCUT2D eigenvalue weighted by atomic mass is 16.6.